The second kappa shape index (κ2) is 4.60. The zero-order valence-corrected chi connectivity index (χ0v) is 10.9. The Morgan fingerprint density at radius 1 is 1.17 bits per heavy atom. The van der Waals surface area contributed by atoms with Crippen LogP contribution in [0.4, 0.5) is 5.69 Å². The third-order valence-electron chi connectivity index (χ3n) is 2.83. The van der Waals surface area contributed by atoms with Crippen molar-refractivity contribution in [2.75, 3.05) is 20.0 Å². The molecule has 2 aromatic rings. The number of hydrogen-bond donors (Lipinski definition) is 1. The van der Waals surface area contributed by atoms with E-state index in [2.05, 4.69) is 4.98 Å². The first-order valence-corrected chi connectivity index (χ1v) is 5.52. The highest BCUT2D eigenvalue weighted by Crippen LogP contribution is 2.37. The van der Waals surface area contributed by atoms with Gasteiger partial charge in [-0.05, 0) is 19.9 Å². The lowest BCUT2D eigenvalue weighted by Gasteiger charge is -2.10. The van der Waals surface area contributed by atoms with Gasteiger partial charge in [-0.25, -0.2) is 4.98 Å². The zero-order chi connectivity index (χ0) is 13.3. The van der Waals surface area contributed by atoms with Crippen LogP contribution >= 0.6 is 0 Å². The van der Waals surface area contributed by atoms with Crippen LogP contribution in [0.3, 0.4) is 0 Å². The molecule has 1 heterocycles. The maximum Gasteiger partial charge on any atom is 0.228 e. The SMILES string of the molecule is COc1cc(OC)c(N)c(-c2nc(C)c(C)o2)c1. The minimum Gasteiger partial charge on any atom is -0.497 e. The van der Waals surface area contributed by atoms with Gasteiger partial charge in [0.25, 0.3) is 0 Å². The number of anilines is 1. The Hall–Kier alpha value is -2.17. The maximum absolute atomic E-state index is 6.03. The molecule has 18 heavy (non-hydrogen) atoms. The van der Waals surface area contributed by atoms with E-state index in [9.17, 15) is 0 Å². The number of nitrogen functional groups attached to an aromatic ring is 1. The Morgan fingerprint density at radius 2 is 1.89 bits per heavy atom. The molecule has 1 aromatic heterocycles. The van der Waals surface area contributed by atoms with Crippen LogP contribution in [0.5, 0.6) is 11.5 Å². The van der Waals surface area contributed by atoms with Crippen molar-refractivity contribution in [3.8, 4) is 23.0 Å². The fourth-order valence-electron chi connectivity index (χ4n) is 1.65. The van der Waals surface area contributed by atoms with Crippen molar-refractivity contribution in [2.24, 2.45) is 0 Å². The smallest absolute Gasteiger partial charge is 0.228 e. The standard InChI is InChI=1S/C13H16N2O3/c1-7-8(2)18-13(15-7)10-5-9(16-3)6-11(17-4)12(10)14/h5-6H,14H2,1-4H3. The third-order valence-corrected chi connectivity index (χ3v) is 2.83. The molecular weight excluding hydrogens is 232 g/mol. The normalized spacial score (nSPS) is 10.4. The molecule has 0 aliphatic rings. The van der Waals surface area contributed by atoms with Gasteiger partial charge in [0.1, 0.15) is 17.3 Å². The molecule has 5 heteroatoms. The van der Waals surface area contributed by atoms with Crippen LogP contribution in [-0.2, 0) is 0 Å². The van der Waals surface area contributed by atoms with Crippen molar-refractivity contribution in [1.29, 1.82) is 0 Å². The molecule has 0 aliphatic heterocycles. The molecule has 0 bridgehead atoms. The van der Waals surface area contributed by atoms with Gasteiger partial charge in [-0.15, -0.1) is 0 Å². The number of aryl methyl sites for hydroxylation is 2. The highest BCUT2D eigenvalue weighted by Gasteiger charge is 2.16. The van der Waals surface area contributed by atoms with E-state index >= 15 is 0 Å². The fraction of sp³-hybridized carbons (Fsp3) is 0.308. The van der Waals surface area contributed by atoms with E-state index in [-0.39, 0.29) is 0 Å². The molecule has 0 saturated carbocycles. The Labute approximate surface area is 106 Å². The summed E-state index contributed by atoms with van der Waals surface area (Å²) in [6.07, 6.45) is 0. The molecule has 2 rings (SSSR count). The molecule has 5 nitrogen and oxygen atoms in total. The predicted octanol–water partition coefficient (Wildman–Crippen LogP) is 2.56. The minimum absolute atomic E-state index is 0.472. The molecule has 0 unspecified atom stereocenters. The molecule has 1 aromatic carbocycles. The van der Waals surface area contributed by atoms with Crippen molar-refractivity contribution in [1.82, 2.24) is 4.98 Å². The number of nitrogens with two attached hydrogens (primary N) is 1. The number of rotatable bonds is 3. The van der Waals surface area contributed by atoms with Crippen LogP contribution in [-0.4, -0.2) is 19.2 Å². The number of aromatic nitrogens is 1. The number of hydrogen-bond acceptors (Lipinski definition) is 5. The van der Waals surface area contributed by atoms with E-state index < -0.39 is 0 Å². The lowest BCUT2D eigenvalue weighted by Crippen LogP contribution is -1.97. The Kier molecular flexibility index (Phi) is 3.14. The molecule has 0 atom stereocenters. The van der Waals surface area contributed by atoms with Gasteiger partial charge < -0.3 is 19.6 Å². The molecular formula is C13H16N2O3. The predicted molar refractivity (Wildman–Crippen MR) is 68.9 cm³/mol. The van der Waals surface area contributed by atoms with E-state index in [0.29, 0.717) is 28.6 Å². The van der Waals surface area contributed by atoms with Gasteiger partial charge >= 0.3 is 0 Å². The third kappa shape index (κ3) is 1.99. The summed E-state index contributed by atoms with van der Waals surface area (Å²) in [5, 5.41) is 0. The van der Waals surface area contributed by atoms with E-state index in [0.717, 1.165) is 11.5 Å². The van der Waals surface area contributed by atoms with Gasteiger partial charge in [0.2, 0.25) is 5.89 Å². The van der Waals surface area contributed by atoms with Crippen LogP contribution in [0.15, 0.2) is 16.5 Å². The summed E-state index contributed by atoms with van der Waals surface area (Å²) in [4.78, 5) is 4.33. The van der Waals surface area contributed by atoms with Crippen molar-refractivity contribution in [3.63, 3.8) is 0 Å². The Morgan fingerprint density at radius 3 is 2.39 bits per heavy atom. The van der Waals surface area contributed by atoms with Crippen molar-refractivity contribution >= 4 is 5.69 Å². The van der Waals surface area contributed by atoms with Crippen LogP contribution in [0.1, 0.15) is 11.5 Å². The molecule has 0 radical (unpaired) electrons. The van der Waals surface area contributed by atoms with Crippen molar-refractivity contribution in [3.05, 3.63) is 23.6 Å². The molecule has 0 aliphatic carbocycles. The Bertz CT molecular complexity index is 556. The summed E-state index contributed by atoms with van der Waals surface area (Å²) in [5.41, 5.74) is 8.02. The number of oxazole rings is 1. The second-order valence-corrected chi connectivity index (χ2v) is 3.95. The summed E-state index contributed by atoms with van der Waals surface area (Å²) in [5.74, 6) is 2.42. The van der Waals surface area contributed by atoms with E-state index in [1.54, 1.807) is 26.4 Å². The first kappa shape index (κ1) is 12.3. The Balaban J connectivity index is 2.62. The van der Waals surface area contributed by atoms with E-state index in [1.165, 1.54) is 0 Å². The van der Waals surface area contributed by atoms with Gasteiger partial charge in [0.15, 0.2) is 0 Å². The lowest BCUT2D eigenvalue weighted by atomic mass is 10.1. The molecule has 0 fully saturated rings. The largest absolute Gasteiger partial charge is 0.497 e. The quantitative estimate of drug-likeness (QED) is 0.845. The maximum atomic E-state index is 6.03. The van der Waals surface area contributed by atoms with E-state index in [4.69, 9.17) is 19.6 Å². The van der Waals surface area contributed by atoms with Gasteiger partial charge in [-0.2, -0.15) is 0 Å². The number of nitrogens with zero attached hydrogens (tertiary/aromatic N) is 1. The van der Waals surface area contributed by atoms with Gasteiger partial charge in [0.05, 0.1) is 31.2 Å². The summed E-state index contributed by atoms with van der Waals surface area (Å²) < 4.78 is 16.0. The summed E-state index contributed by atoms with van der Waals surface area (Å²) in [7, 11) is 3.14. The van der Waals surface area contributed by atoms with Crippen LogP contribution in [0, 0.1) is 13.8 Å². The monoisotopic (exact) mass is 248 g/mol. The van der Waals surface area contributed by atoms with Crippen LogP contribution in [0.25, 0.3) is 11.5 Å². The topological polar surface area (TPSA) is 70.5 Å². The minimum atomic E-state index is 0.472. The molecule has 96 valence electrons. The lowest BCUT2D eigenvalue weighted by molar-refractivity contribution is 0.395. The van der Waals surface area contributed by atoms with Crippen molar-refractivity contribution < 1.29 is 13.9 Å². The van der Waals surface area contributed by atoms with E-state index in [1.807, 2.05) is 13.8 Å². The van der Waals surface area contributed by atoms with Crippen LogP contribution in [0.2, 0.25) is 0 Å². The van der Waals surface area contributed by atoms with Crippen LogP contribution < -0.4 is 15.2 Å². The first-order chi connectivity index (χ1) is 8.56. The van der Waals surface area contributed by atoms with Gasteiger partial charge in [0, 0.05) is 6.07 Å². The van der Waals surface area contributed by atoms with Gasteiger partial charge in [-0.3, -0.25) is 0 Å². The first-order valence-electron chi connectivity index (χ1n) is 5.52. The summed E-state index contributed by atoms with van der Waals surface area (Å²) in [6, 6.07) is 3.50. The molecule has 2 N–H and O–H groups in total. The van der Waals surface area contributed by atoms with Gasteiger partial charge in [-0.1, -0.05) is 0 Å². The highest BCUT2D eigenvalue weighted by molar-refractivity contribution is 5.78. The fourth-order valence-corrected chi connectivity index (χ4v) is 1.65. The highest BCUT2D eigenvalue weighted by atomic mass is 16.5. The number of ether oxygens (including phenoxy) is 2. The number of methoxy groups -OCH3 is 2. The molecule has 0 amide bonds. The average molecular weight is 248 g/mol. The summed E-state index contributed by atoms with van der Waals surface area (Å²) >= 11 is 0. The molecule has 0 saturated heterocycles. The van der Waals surface area contributed by atoms with Crippen molar-refractivity contribution in [2.45, 2.75) is 13.8 Å². The average Bonchev–Trinajstić information content (AvgIpc) is 2.69. The number of benzene rings is 1. The second-order valence-electron chi connectivity index (χ2n) is 3.95. The zero-order valence-electron chi connectivity index (χ0n) is 10.9. The summed E-state index contributed by atoms with van der Waals surface area (Å²) in [6.45, 7) is 3.75. The molecule has 0 spiro atoms.